The first-order chi connectivity index (χ1) is 8.45. The van der Waals surface area contributed by atoms with E-state index in [0.717, 1.165) is 52.0 Å². The molecule has 1 atom stereocenters. The third-order valence-corrected chi connectivity index (χ3v) is 3.21. The number of hydrogen-bond donors (Lipinski definition) is 1. The quantitative estimate of drug-likeness (QED) is 0.599. The highest BCUT2D eigenvalue weighted by molar-refractivity contribution is 4.63. The maximum atomic E-state index is 9.83. The van der Waals surface area contributed by atoms with Gasteiger partial charge in [0.05, 0.1) is 6.10 Å². The van der Waals surface area contributed by atoms with Crippen molar-refractivity contribution in [3.8, 4) is 0 Å². The fraction of sp³-hybridized carbons (Fsp3) is 1.00. The highest BCUT2D eigenvalue weighted by Gasteiger charge is 2.08. The van der Waals surface area contributed by atoms with Crippen molar-refractivity contribution in [2.24, 2.45) is 0 Å². The molecule has 0 saturated heterocycles. The van der Waals surface area contributed by atoms with Crippen LogP contribution in [0.15, 0.2) is 0 Å². The standard InChI is InChI=1S/C14H33N3O/c1-6-7-8-14(18)13-17(5)12-11-16(4)10-9-15(2)3/h14,18H,6-13H2,1-5H3. The second kappa shape index (κ2) is 10.7. The van der Waals surface area contributed by atoms with Crippen molar-refractivity contribution in [2.45, 2.75) is 32.3 Å². The maximum absolute atomic E-state index is 9.83. The van der Waals surface area contributed by atoms with E-state index in [2.05, 4.69) is 49.8 Å². The zero-order valence-corrected chi connectivity index (χ0v) is 13.0. The Morgan fingerprint density at radius 3 is 2.00 bits per heavy atom. The zero-order valence-electron chi connectivity index (χ0n) is 13.0. The van der Waals surface area contributed by atoms with Crippen molar-refractivity contribution in [3.05, 3.63) is 0 Å². The summed E-state index contributed by atoms with van der Waals surface area (Å²) in [7, 11) is 8.45. The van der Waals surface area contributed by atoms with Gasteiger partial charge in [-0.25, -0.2) is 0 Å². The lowest BCUT2D eigenvalue weighted by molar-refractivity contribution is 0.110. The summed E-state index contributed by atoms with van der Waals surface area (Å²) >= 11 is 0. The third kappa shape index (κ3) is 11.0. The SMILES string of the molecule is CCCCC(O)CN(C)CCN(C)CCN(C)C. The van der Waals surface area contributed by atoms with E-state index in [1.54, 1.807) is 0 Å². The summed E-state index contributed by atoms with van der Waals surface area (Å²) < 4.78 is 0. The van der Waals surface area contributed by atoms with E-state index in [1.165, 1.54) is 0 Å². The van der Waals surface area contributed by atoms with Crippen LogP contribution in [0.2, 0.25) is 0 Å². The molecule has 0 radical (unpaired) electrons. The van der Waals surface area contributed by atoms with Crippen molar-refractivity contribution in [1.82, 2.24) is 14.7 Å². The fourth-order valence-electron chi connectivity index (χ4n) is 1.81. The molecule has 0 aliphatic rings. The predicted molar refractivity (Wildman–Crippen MR) is 79.1 cm³/mol. The second-order valence-electron chi connectivity index (χ2n) is 5.66. The summed E-state index contributed by atoms with van der Waals surface area (Å²) in [5.41, 5.74) is 0. The Morgan fingerprint density at radius 1 is 0.889 bits per heavy atom. The Kier molecular flexibility index (Phi) is 10.6. The van der Waals surface area contributed by atoms with Gasteiger partial charge in [-0.3, -0.25) is 0 Å². The monoisotopic (exact) mass is 259 g/mol. The molecule has 1 N–H and O–H groups in total. The molecule has 0 spiro atoms. The summed E-state index contributed by atoms with van der Waals surface area (Å²) in [5, 5.41) is 9.83. The van der Waals surface area contributed by atoms with Crippen LogP contribution in [-0.4, -0.2) is 86.8 Å². The molecule has 0 fully saturated rings. The first-order valence-electron chi connectivity index (χ1n) is 7.15. The fourth-order valence-corrected chi connectivity index (χ4v) is 1.81. The summed E-state index contributed by atoms with van der Waals surface area (Å²) in [5.74, 6) is 0. The van der Waals surface area contributed by atoms with Crippen LogP contribution in [0.5, 0.6) is 0 Å². The van der Waals surface area contributed by atoms with Crippen LogP contribution in [0.4, 0.5) is 0 Å². The number of likely N-dealkylation sites (N-methyl/N-ethyl adjacent to an activating group) is 3. The van der Waals surface area contributed by atoms with Crippen LogP contribution in [0.3, 0.4) is 0 Å². The Morgan fingerprint density at radius 2 is 1.44 bits per heavy atom. The van der Waals surface area contributed by atoms with Gasteiger partial charge in [0.1, 0.15) is 0 Å². The van der Waals surface area contributed by atoms with E-state index < -0.39 is 0 Å². The smallest absolute Gasteiger partial charge is 0.0667 e. The molecule has 0 aliphatic carbocycles. The van der Waals surface area contributed by atoms with Gasteiger partial charge in [0.2, 0.25) is 0 Å². The molecular weight excluding hydrogens is 226 g/mol. The van der Waals surface area contributed by atoms with E-state index in [-0.39, 0.29) is 6.10 Å². The lowest BCUT2D eigenvalue weighted by Gasteiger charge is -2.24. The molecule has 0 aliphatic heterocycles. The molecule has 0 rings (SSSR count). The lowest BCUT2D eigenvalue weighted by atomic mass is 10.1. The summed E-state index contributed by atoms with van der Waals surface area (Å²) in [6.45, 7) is 7.23. The molecule has 4 heteroatoms. The minimum Gasteiger partial charge on any atom is -0.392 e. The Hall–Kier alpha value is -0.160. The molecule has 110 valence electrons. The summed E-state index contributed by atoms with van der Waals surface area (Å²) in [6.07, 6.45) is 3.05. The second-order valence-corrected chi connectivity index (χ2v) is 5.66. The molecule has 1 unspecified atom stereocenters. The van der Waals surface area contributed by atoms with Crippen molar-refractivity contribution in [1.29, 1.82) is 0 Å². The molecule has 4 nitrogen and oxygen atoms in total. The van der Waals surface area contributed by atoms with E-state index in [1.807, 2.05) is 0 Å². The van der Waals surface area contributed by atoms with E-state index in [0.29, 0.717) is 0 Å². The van der Waals surface area contributed by atoms with E-state index >= 15 is 0 Å². The highest BCUT2D eigenvalue weighted by atomic mass is 16.3. The molecule has 0 aromatic heterocycles. The third-order valence-electron chi connectivity index (χ3n) is 3.21. The van der Waals surface area contributed by atoms with Gasteiger partial charge in [0, 0.05) is 32.7 Å². The van der Waals surface area contributed by atoms with Crippen molar-refractivity contribution in [2.75, 3.05) is 60.9 Å². The van der Waals surface area contributed by atoms with Gasteiger partial charge in [-0.15, -0.1) is 0 Å². The van der Waals surface area contributed by atoms with E-state index in [9.17, 15) is 5.11 Å². The number of aliphatic hydroxyl groups is 1. The average Bonchev–Trinajstić information content (AvgIpc) is 2.31. The lowest BCUT2D eigenvalue weighted by Crippen LogP contribution is -2.37. The number of nitrogens with zero attached hydrogens (tertiary/aromatic N) is 3. The Bertz CT molecular complexity index is 188. The summed E-state index contributed by atoms with van der Waals surface area (Å²) in [6, 6.07) is 0. The zero-order chi connectivity index (χ0) is 14.0. The van der Waals surface area contributed by atoms with E-state index in [4.69, 9.17) is 0 Å². The Labute approximate surface area is 114 Å². The van der Waals surface area contributed by atoms with Crippen LogP contribution in [0.25, 0.3) is 0 Å². The van der Waals surface area contributed by atoms with Crippen LogP contribution in [0, 0.1) is 0 Å². The molecule has 0 aromatic rings. The average molecular weight is 259 g/mol. The predicted octanol–water partition coefficient (Wildman–Crippen LogP) is 0.963. The molecule has 0 aromatic carbocycles. The molecular formula is C14H33N3O. The number of hydrogen-bond acceptors (Lipinski definition) is 4. The Balaban J connectivity index is 3.59. The largest absolute Gasteiger partial charge is 0.392 e. The van der Waals surface area contributed by atoms with Crippen LogP contribution in [-0.2, 0) is 0 Å². The molecule has 18 heavy (non-hydrogen) atoms. The number of rotatable bonds is 11. The van der Waals surface area contributed by atoms with Crippen molar-refractivity contribution >= 4 is 0 Å². The normalized spacial score (nSPS) is 13.8. The number of unbranched alkanes of at least 4 members (excludes halogenated alkanes) is 1. The summed E-state index contributed by atoms with van der Waals surface area (Å²) in [4.78, 5) is 6.77. The van der Waals surface area contributed by atoms with Gasteiger partial charge < -0.3 is 19.8 Å². The topological polar surface area (TPSA) is 30.0 Å². The first-order valence-corrected chi connectivity index (χ1v) is 7.15. The minimum atomic E-state index is -0.165. The van der Waals surface area contributed by atoms with Crippen molar-refractivity contribution < 1.29 is 5.11 Å². The van der Waals surface area contributed by atoms with Gasteiger partial charge >= 0.3 is 0 Å². The first kappa shape index (κ1) is 17.8. The van der Waals surface area contributed by atoms with Gasteiger partial charge in [-0.2, -0.15) is 0 Å². The van der Waals surface area contributed by atoms with Crippen LogP contribution >= 0.6 is 0 Å². The van der Waals surface area contributed by atoms with Gasteiger partial charge in [0.25, 0.3) is 0 Å². The van der Waals surface area contributed by atoms with Crippen molar-refractivity contribution in [3.63, 3.8) is 0 Å². The molecule has 0 saturated carbocycles. The van der Waals surface area contributed by atoms with Gasteiger partial charge in [-0.05, 0) is 34.6 Å². The molecule has 0 heterocycles. The molecule has 0 amide bonds. The molecule has 0 bridgehead atoms. The highest BCUT2D eigenvalue weighted by Crippen LogP contribution is 2.01. The van der Waals surface area contributed by atoms with Crippen LogP contribution < -0.4 is 0 Å². The van der Waals surface area contributed by atoms with Gasteiger partial charge in [-0.1, -0.05) is 19.8 Å². The van der Waals surface area contributed by atoms with Gasteiger partial charge in [0.15, 0.2) is 0 Å². The minimum absolute atomic E-state index is 0.165. The van der Waals surface area contributed by atoms with Crippen LogP contribution in [0.1, 0.15) is 26.2 Å². The maximum Gasteiger partial charge on any atom is 0.0667 e. The number of aliphatic hydroxyl groups excluding tert-OH is 1.